The minimum Gasteiger partial charge on any atom is -0.495 e. The Morgan fingerprint density at radius 1 is 1.00 bits per heavy atom. The number of hydrogen-bond donors (Lipinski definition) is 1. The number of rotatable bonds is 5. The Morgan fingerprint density at radius 2 is 1.71 bits per heavy atom. The molecule has 0 bridgehead atoms. The molecule has 0 saturated carbocycles. The normalized spacial score (nSPS) is 11.2. The van der Waals surface area contributed by atoms with Crippen LogP contribution in [0.5, 0.6) is 5.75 Å². The number of anilines is 1. The number of ether oxygens (including phenoxy) is 1. The summed E-state index contributed by atoms with van der Waals surface area (Å²) in [6, 6.07) is 16.0. The largest absolute Gasteiger partial charge is 0.495 e. The van der Waals surface area contributed by atoms with Crippen LogP contribution >= 0.6 is 34.8 Å². The van der Waals surface area contributed by atoms with Crippen molar-refractivity contribution in [3.8, 4) is 11.4 Å². The average Bonchev–Trinajstić information content (AvgIpc) is 3.15. The topological polar surface area (TPSA) is 69.0 Å². The van der Waals surface area contributed by atoms with Crippen molar-refractivity contribution >= 4 is 63.5 Å². The first-order valence-corrected chi connectivity index (χ1v) is 10.2. The molecular weight excluding hydrogens is 459 g/mol. The van der Waals surface area contributed by atoms with Crippen LogP contribution in [0.1, 0.15) is 5.56 Å². The Morgan fingerprint density at radius 3 is 2.42 bits per heavy atom. The lowest BCUT2D eigenvalue weighted by Gasteiger charge is -2.08. The van der Waals surface area contributed by atoms with Gasteiger partial charge in [-0.25, -0.2) is 0 Å². The van der Waals surface area contributed by atoms with E-state index in [4.69, 9.17) is 39.5 Å². The monoisotopic (exact) mass is 472 g/mol. The van der Waals surface area contributed by atoms with E-state index in [0.717, 1.165) is 5.69 Å². The zero-order chi connectivity index (χ0) is 22.0. The van der Waals surface area contributed by atoms with Gasteiger partial charge in [0.25, 0.3) is 0 Å². The van der Waals surface area contributed by atoms with E-state index < -0.39 is 5.91 Å². The summed E-state index contributed by atoms with van der Waals surface area (Å²) in [6.45, 7) is 0. The molecule has 6 nitrogen and oxygen atoms in total. The molecule has 1 aromatic heterocycles. The molecule has 4 rings (SSSR count). The number of carbonyl (C=O) groups excluding carboxylic acids is 1. The van der Waals surface area contributed by atoms with Gasteiger partial charge < -0.3 is 10.1 Å². The zero-order valence-electron chi connectivity index (χ0n) is 16.1. The molecule has 9 heteroatoms. The molecular formula is C22H15Cl3N4O2. The maximum atomic E-state index is 12.5. The SMILES string of the molecule is COc1c(Cl)cc(Cl)cc1C=CC(=O)Nc1cc2nn(-c3ccccc3)nc2cc1Cl. The summed E-state index contributed by atoms with van der Waals surface area (Å²) >= 11 is 18.5. The fourth-order valence-corrected chi connectivity index (χ4v) is 3.76. The van der Waals surface area contributed by atoms with E-state index in [9.17, 15) is 4.79 Å². The average molecular weight is 474 g/mol. The second kappa shape index (κ2) is 8.98. The molecule has 0 saturated heterocycles. The van der Waals surface area contributed by atoms with Crippen molar-refractivity contribution in [3.05, 3.63) is 81.3 Å². The smallest absolute Gasteiger partial charge is 0.248 e. The number of nitrogens with one attached hydrogen (secondary N) is 1. The van der Waals surface area contributed by atoms with Crippen LogP contribution < -0.4 is 10.1 Å². The van der Waals surface area contributed by atoms with Crippen LogP contribution in [0.3, 0.4) is 0 Å². The van der Waals surface area contributed by atoms with Crippen LogP contribution in [0, 0.1) is 0 Å². The molecule has 31 heavy (non-hydrogen) atoms. The van der Waals surface area contributed by atoms with Gasteiger partial charge in [-0.1, -0.05) is 53.0 Å². The Labute approximate surface area is 193 Å². The summed E-state index contributed by atoms with van der Waals surface area (Å²) in [5.41, 5.74) is 3.01. The lowest BCUT2D eigenvalue weighted by molar-refractivity contribution is -0.111. The van der Waals surface area contributed by atoms with E-state index in [1.807, 2.05) is 30.3 Å². The number of aromatic nitrogens is 3. The Kier molecular flexibility index (Phi) is 6.13. The van der Waals surface area contributed by atoms with Crippen molar-refractivity contribution in [2.24, 2.45) is 0 Å². The summed E-state index contributed by atoms with van der Waals surface area (Å²) < 4.78 is 5.28. The third kappa shape index (κ3) is 4.66. The van der Waals surface area contributed by atoms with Crippen LogP contribution in [0.25, 0.3) is 22.8 Å². The first-order chi connectivity index (χ1) is 14.9. The van der Waals surface area contributed by atoms with Crippen molar-refractivity contribution in [2.45, 2.75) is 0 Å². The third-order valence-corrected chi connectivity index (χ3v) is 5.18. The molecule has 1 heterocycles. The summed E-state index contributed by atoms with van der Waals surface area (Å²) in [4.78, 5) is 14.0. The minimum absolute atomic E-state index is 0.345. The number of hydrogen-bond acceptors (Lipinski definition) is 4. The van der Waals surface area contributed by atoms with Crippen molar-refractivity contribution in [2.75, 3.05) is 12.4 Å². The highest BCUT2D eigenvalue weighted by Gasteiger charge is 2.12. The van der Waals surface area contributed by atoms with E-state index >= 15 is 0 Å². The van der Waals surface area contributed by atoms with E-state index in [-0.39, 0.29) is 0 Å². The maximum absolute atomic E-state index is 12.5. The molecule has 1 N–H and O–H groups in total. The van der Waals surface area contributed by atoms with Gasteiger partial charge in [0.15, 0.2) is 0 Å². The molecule has 4 aromatic rings. The zero-order valence-corrected chi connectivity index (χ0v) is 18.4. The molecule has 0 aliphatic carbocycles. The van der Waals surface area contributed by atoms with Crippen LogP contribution in [0.2, 0.25) is 15.1 Å². The summed E-state index contributed by atoms with van der Waals surface area (Å²) in [5, 5.41) is 12.8. The number of nitrogens with zero attached hydrogens (tertiary/aromatic N) is 3. The molecule has 0 atom stereocenters. The highest BCUT2D eigenvalue weighted by molar-refractivity contribution is 6.36. The van der Waals surface area contributed by atoms with Crippen molar-refractivity contribution in [3.63, 3.8) is 0 Å². The number of carbonyl (C=O) groups is 1. The maximum Gasteiger partial charge on any atom is 0.248 e. The van der Waals surface area contributed by atoms with Gasteiger partial charge in [0, 0.05) is 16.7 Å². The molecule has 0 aliphatic rings. The molecule has 0 spiro atoms. The van der Waals surface area contributed by atoms with Crippen molar-refractivity contribution < 1.29 is 9.53 Å². The van der Waals surface area contributed by atoms with Crippen LogP contribution in [0.4, 0.5) is 5.69 Å². The number of fused-ring (bicyclic) bond motifs is 1. The second-order valence-electron chi connectivity index (χ2n) is 6.48. The summed E-state index contributed by atoms with van der Waals surface area (Å²) in [6.07, 6.45) is 2.90. The molecule has 0 unspecified atom stereocenters. The quantitative estimate of drug-likeness (QED) is 0.359. The number of methoxy groups -OCH3 is 1. The first kappa shape index (κ1) is 21.2. The number of halogens is 3. The molecule has 3 aromatic carbocycles. The van der Waals surface area contributed by atoms with Gasteiger partial charge in [0.2, 0.25) is 5.91 Å². The fraction of sp³-hybridized carbons (Fsp3) is 0.0455. The third-order valence-electron chi connectivity index (χ3n) is 4.37. The molecule has 0 radical (unpaired) electrons. The van der Waals surface area contributed by atoms with Crippen LogP contribution in [0.15, 0.2) is 60.7 Å². The van der Waals surface area contributed by atoms with Gasteiger partial charge in [0.1, 0.15) is 16.8 Å². The van der Waals surface area contributed by atoms with Gasteiger partial charge in [-0.2, -0.15) is 4.80 Å². The molecule has 1 amide bonds. The lowest BCUT2D eigenvalue weighted by Crippen LogP contribution is -2.08. The highest BCUT2D eigenvalue weighted by atomic mass is 35.5. The minimum atomic E-state index is -0.394. The van der Waals surface area contributed by atoms with Crippen molar-refractivity contribution in [1.82, 2.24) is 15.0 Å². The van der Waals surface area contributed by atoms with Crippen LogP contribution in [-0.2, 0) is 4.79 Å². The predicted molar refractivity (Wildman–Crippen MR) is 125 cm³/mol. The van der Waals surface area contributed by atoms with E-state index in [1.54, 1.807) is 30.3 Å². The fourth-order valence-electron chi connectivity index (χ4n) is 2.97. The number of benzene rings is 3. The standard InChI is InChI=1S/C22H15Cl3N4O2/c1-31-22-13(9-14(23)10-17(22)25)7-8-21(30)26-18-12-20-19(11-16(18)24)27-29(28-20)15-5-3-2-4-6-15/h2-12H,1H3,(H,26,30). The van der Waals surface area contributed by atoms with Gasteiger partial charge in [-0.05, 0) is 42.5 Å². The summed E-state index contributed by atoms with van der Waals surface area (Å²) in [5.74, 6) is 0.0296. The van der Waals surface area contributed by atoms with E-state index in [1.165, 1.54) is 18.0 Å². The Bertz CT molecular complexity index is 1300. The van der Waals surface area contributed by atoms with Gasteiger partial charge in [-0.3, -0.25) is 4.79 Å². The van der Waals surface area contributed by atoms with E-state index in [2.05, 4.69) is 15.5 Å². The van der Waals surface area contributed by atoms with E-state index in [0.29, 0.717) is 43.1 Å². The van der Waals surface area contributed by atoms with Crippen LogP contribution in [-0.4, -0.2) is 28.0 Å². The van der Waals surface area contributed by atoms with Crippen molar-refractivity contribution in [1.29, 1.82) is 0 Å². The highest BCUT2D eigenvalue weighted by Crippen LogP contribution is 2.33. The van der Waals surface area contributed by atoms with Gasteiger partial charge in [-0.15, -0.1) is 10.2 Å². The molecule has 156 valence electrons. The first-order valence-electron chi connectivity index (χ1n) is 9.09. The van der Waals surface area contributed by atoms with Gasteiger partial charge in [0.05, 0.1) is 28.5 Å². The predicted octanol–water partition coefficient (Wildman–Crippen LogP) is 6.04. The molecule has 0 fully saturated rings. The number of amides is 1. The molecule has 0 aliphatic heterocycles. The number of para-hydroxylation sites is 1. The lowest BCUT2D eigenvalue weighted by atomic mass is 10.2. The second-order valence-corrected chi connectivity index (χ2v) is 7.73. The van der Waals surface area contributed by atoms with Gasteiger partial charge >= 0.3 is 0 Å². The summed E-state index contributed by atoms with van der Waals surface area (Å²) in [7, 11) is 1.49. The Balaban J connectivity index is 1.58. The Hall–Kier alpha value is -3.06.